The highest BCUT2D eigenvalue weighted by Gasteiger charge is 2.26. The van der Waals surface area contributed by atoms with Crippen molar-refractivity contribution in [2.75, 3.05) is 5.32 Å². The monoisotopic (exact) mass is 332 g/mol. The van der Waals surface area contributed by atoms with E-state index < -0.39 is 0 Å². The van der Waals surface area contributed by atoms with Crippen LogP contribution in [0, 0.1) is 12.8 Å². The van der Waals surface area contributed by atoms with Crippen LogP contribution in [0.25, 0.3) is 0 Å². The highest BCUT2D eigenvalue weighted by Crippen LogP contribution is 2.17. The van der Waals surface area contributed by atoms with Crippen LogP contribution in [0.2, 0.25) is 0 Å². The van der Waals surface area contributed by atoms with Gasteiger partial charge in [0.05, 0.1) is 11.6 Å². The van der Waals surface area contributed by atoms with Crippen molar-refractivity contribution in [3.63, 3.8) is 0 Å². The molecule has 0 fully saturated rings. The molecule has 8 heteroatoms. The number of aromatic nitrogens is 2. The summed E-state index contributed by atoms with van der Waals surface area (Å²) in [6.45, 7) is 11.2. The first-order chi connectivity index (χ1) is 11.1. The maximum absolute atomic E-state index is 12.1. The molecule has 0 radical (unpaired) electrons. The van der Waals surface area contributed by atoms with Crippen LogP contribution in [-0.4, -0.2) is 38.9 Å². The van der Waals surface area contributed by atoms with Gasteiger partial charge in [-0.05, 0) is 41.0 Å². The van der Waals surface area contributed by atoms with Gasteiger partial charge in [-0.3, -0.25) is 10.1 Å². The molecule has 0 spiro atoms. The molecule has 8 nitrogen and oxygen atoms in total. The summed E-state index contributed by atoms with van der Waals surface area (Å²) in [5, 5.41) is 9.82. The summed E-state index contributed by atoms with van der Waals surface area (Å²) in [4.78, 5) is 32.6. The summed E-state index contributed by atoms with van der Waals surface area (Å²) in [5.74, 6) is 0.0536. The summed E-state index contributed by atoms with van der Waals surface area (Å²) in [6.07, 6.45) is 0.655. The smallest absolute Gasteiger partial charge is 0.320 e. The number of amides is 3. The van der Waals surface area contributed by atoms with Gasteiger partial charge in [0.25, 0.3) is 11.9 Å². The van der Waals surface area contributed by atoms with E-state index in [9.17, 15) is 9.59 Å². The lowest BCUT2D eigenvalue weighted by Crippen LogP contribution is -2.43. The number of aliphatic imine (C=N–C) groups is 2. The molecule has 0 aromatic carbocycles. The van der Waals surface area contributed by atoms with Crippen molar-refractivity contribution < 1.29 is 9.59 Å². The van der Waals surface area contributed by atoms with E-state index in [1.54, 1.807) is 19.9 Å². The van der Waals surface area contributed by atoms with Crippen molar-refractivity contribution in [3.8, 4) is 0 Å². The number of nitrogens with one attached hydrogen (secondary N) is 2. The van der Waals surface area contributed by atoms with Gasteiger partial charge >= 0.3 is 6.03 Å². The van der Waals surface area contributed by atoms with Gasteiger partial charge in [0, 0.05) is 17.3 Å². The van der Waals surface area contributed by atoms with Crippen LogP contribution in [0.3, 0.4) is 0 Å². The lowest BCUT2D eigenvalue weighted by molar-refractivity contribution is -0.119. The molecule has 0 bridgehead atoms. The average Bonchev–Trinajstić information content (AvgIpc) is 2.76. The minimum absolute atomic E-state index is 0.168. The van der Waals surface area contributed by atoms with Crippen molar-refractivity contribution in [2.45, 2.75) is 53.5 Å². The summed E-state index contributed by atoms with van der Waals surface area (Å²) in [5.41, 5.74) is 1.01. The topological polar surface area (TPSA) is 101 Å². The van der Waals surface area contributed by atoms with E-state index in [1.165, 1.54) is 4.68 Å². The molecule has 1 unspecified atom stereocenters. The largest absolute Gasteiger partial charge is 0.333 e. The number of urea groups is 1. The molecule has 2 rings (SSSR count). The molecule has 0 saturated heterocycles. The number of hydrogen-bond donors (Lipinski definition) is 2. The quantitative estimate of drug-likeness (QED) is 0.869. The van der Waals surface area contributed by atoms with E-state index in [2.05, 4.69) is 25.7 Å². The molecule has 3 amide bonds. The van der Waals surface area contributed by atoms with E-state index in [-0.39, 0.29) is 29.4 Å². The van der Waals surface area contributed by atoms with Crippen molar-refractivity contribution in [1.29, 1.82) is 0 Å². The molecule has 1 aliphatic rings. The molecular weight excluding hydrogens is 308 g/mol. The van der Waals surface area contributed by atoms with Gasteiger partial charge in [-0.25, -0.2) is 9.79 Å². The average molecular weight is 332 g/mol. The third kappa shape index (κ3) is 4.06. The van der Waals surface area contributed by atoms with Crippen LogP contribution in [0.15, 0.2) is 16.1 Å². The Morgan fingerprint density at radius 1 is 1.29 bits per heavy atom. The van der Waals surface area contributed by atoms with E-state index in [0.717, 1.165) is 0 Å². The fraction of sp³-hybridized carbons (Fsp3) is 0.562. The number of aryl methyl sites for hydroxylation is 1. The highest BCUT2D eigenvalue weighted by atomic mass is 16.2. The Morgan fingerprint density at radius 3 is 2.50 bits per heavy atom. The second-order valence-corrected chi connectivity index (χ2v) is 6.88. The fourth-order valence-electron chi connectivity index (χ4n) is 2.41. The first-order valence-corrected chi connectivity index (χ1v) is 7.94. The Hall–Kier alpha value is -2.51. The lowest BCUT2D eigenvalue weighted by atomic mass is 10.00. The van der Waals surface area contributed by atoms with Gasteiger partial charge < -0.3 is 5.32 Å². The SMILES string of the molecule is CCC1C(=O)N=C(n2nc(C)cc2NC(=O)NC(C)(C)C)N=C1C. The first kappa shape index (κ1) is 17.8. The molecule has 2 N–H and O–H groups in total. The molecule has 1 aromatic rings. The van der Waals surface area contributed by atoms with Crippen LogP contribution < -0.4 is 10.6 Å². The Kier molecular flexibility index (Phi) is 4.86. The zero-order valence-corrected chi connectivity index (χ0v) is 15.0. The molecular formula is C16H24N6O2. The molecule has 0 aliphatic carbocycles. The van der Waals surface area contributed by atoms with Crippen LogP contribution >= 0.6 is 0 Å². The number of hydrogen-bond acceptors (Lipinski definition) is 4. The van der Waals surface area contributed by atoms with Crippen LogP contribution in [0.5, 0.6) is 0 Å². The van der Waals surface area contributed by atoms with Crippen molar-refractivity contribution in [2.24, 2.45) is 15.9 Å². The molecule has 2 heterocycles. The molecule has 130 valence electrons. The van der Waals surface area contributed by atoms with E-state index in [1.807, 2.05) is 27.7 Å². The molecule has 1 atom stereocenters. The first-order valence-electron chi connectivity index (χ1n) is 7.94. The maximum Gasteiger partial charge on any atom is 0.320 e. The summed E-state index contributed by atoms with van der Waals surface area (Å²) in [7, 11) is 0. The third-order valence-corrected chi connectivity index (χ3v) is 3.45. The lowest BCUT2D eigenvalue weighted by Gasteiger charge is -2.21. The summed E-state index contributed by atoms with van der Waals surface area (Å²) in [6, 6.07) is 1.34. The number of carbonyl (C=O) groups excluding carboxylic acids is 2. The molecule has 1 aliphatic heterocycles. The van der Waals surface area contributed by atoms with Crippen LogP contribution in [0.4, 0.5) is 10.6 Å². The van der Waals surface area contributed by atoms with Gasteiger partial charge in [-0.15, -0.1) is 0 Å². The van der Waals surface area contributed by atoms with Crippen molar-refractivity contribution in [1.82, 2.24) is 15.1 Å². The standard InChI is InChI=1S/C16H24N6O2/c1-7-11-10(3)17-14(19-13(11)23)22-12(8-9(2)21-22)18-15(24)20-16(4,5)6/h8,11H,7H2,1-6H3,(H2,18,20,24). The Morgan fingerprint density at radius 2 is 1.96 bits per heavy atom. The minimum atomic E-state index is -0.370. The summed E-state index contributed by atoms with van der Waals surface area (Å²) < 4.78 is 1.38. The van der Waals surface area contributed by atoms with Crippen LogP contribution in [0.1, 0.15) is 46.7 Å². The number of anilines is 1. The summed E-state index contributed by atoms with van der Waals surface area (Å²) >= 11 is 0. The number of nitrogens with zero attached hydrogens (tertiary/aromatic N) is 4. The zero-order valence-electron chi connectivity index (χ0n) is 15.0. The van der Waals surface area contributed by atoms with Gasteiger partial charge in [-0.1, -0.05) is 6.92 Å². The van der Waals surface area contributed by atoms with E-state index in [4.69, 9.17) is 0 Å². The molecule has 1 aromatic heterocycles. The van der Waals surface area contributed by atoms with E-state index in [0.29, 0.717) is 23.6 Å². The predicted molar refractivity (Wildman–Crippen MR) is 93.6 cm³/mol. The van der Waals surface area contributed by atoms with Gasteiger partial charge in [0.2, 0.25) is 0 Å². The predicted octanol–water partition coefficient (Wildman–Crippen LogP) is 2.34. The van der Waals surface area contributed by atoms with Crippen molar-refractivity contribution >= 4 is 29.4 Å². The highest BCUT2D eigenvalue weighted by molar-refractivity contribution is 6.15. The molecule has 0 saturated carbocycles. The van der Waals surface area contributed by atoms with Gasteiger partial charge in [0.15, 0.2) is 0 Å². The van der Waals surface area contributed by atoms with Gasteiger partial charge in [0.1, 0.15) is 5.82 Å². The number of carbonyl (C=O) groups is 2. The van der Waals surface area contributed by atoms with Crippen molar-refractivity contribution in [3.05, 3.63) is 11.8 Å². The Labute approximate surface area is 141 Å². The minimum Gasteiger partial charge on any atom is -0.333 e. The van der Waals surface area contributed by atoms with E-state index >= 15 is 0 Å². The zero-order chi connectivity index (χ0) is 18.1. The second kappa shape index (κ2) is 6.54. The molecule has 24 heavy (non-hydrogen) atoms. The normalized spacial score (nSPS) is 18.1. The fourth-order valence-corrected chi connectivity index (χ4v) is 2.41. The third-order valence-electron chi connectivity index (χ3n) is 3.45. The maximum atomic E-state index is 12.1. The number of rotatable bonds is 2. The Bertz CT molecular complexity index is 723. The second-order valence-electron chi connectivity index (χ2n) is 6.88. The van der Waals surface area contributed by atoms with Crippen LogP contribution in [-0.2, 0) is 4.79 Å². The Balaban J connectivity index is 2.30. The van der Waals surface area contributed by atoms with Gasteiger partial charge in [-0.2, -0.15) is 14.8 Å².